The first-order valence-corrected chi connectivity index (χ1v) is 11.5. The average Bonchev–Trinajstić information content (AvgIpc) is 3.35. The van der Waals surface area contributed by atoms with Gasteiger partial charge in [-0.05, 0) is 31.4 Å². The number of amides is 2. The number of rotatable bonds is 6. The van der Waals surface area contributed by atoms with Gasteiger partial charge in [-0.2, -0.15) is 0 Å². The molecule has 1 atom stereocenters. The second-order valence-corrected chi connectivity index (χ2v) is 8.80. The Hall–Kier alpha value is -2.70. The van der Waals surface area contributed by atoms with Crippen molar-refractivity contribution in [1.82, 2.24) is 4.90 Å². The minimum atomic E-state index is -0.125. The molecule has 0 aliphatic carbocycles. The third kappa shape index (κ3) is 5.32. The van der Waals surface area contributed by atoms with Crippen molar-refractivity contribution in [2.75, 3.05) is 51.1 Å². The Morgan fingerprint density at radius 3 is 2.29 bits per heavy atom. The number of anilines is 1. The van der Waals surface area contributed by atoms with Crippen molar-refractivity contribution in [3.05, 3.63) is 54.6 Å². The molecule has 2 saturated heterocycles. The summed E-state index contributed by atoms with van der Waals surface area (Å²) in [4.78, 5) is 30.1. The topological polar surface area (TPSA) is 58.3 Å². The van der Waals surface area contributed by atoms with Gasteiger partial charge in [0.2, 0.25) is 0 Å². The first-order valence-electron chi connectivity index (χ1n) is 11.5. The number of hydrogen-bond acceptors (Lipinski definition) is 2. The molecule has 0 bridgehead atoms. The first-order chi connectivity index (χ1) is 15.1. The zero-order valence-electron chi connectivity index (χ0n) is 18.4. The molecule has 6 nitrogen and oxygen atoms in total. The van der Waals surface area contributed by atoms with Crippen molar-refractivity contribution in [2.24, 2.45) is 0 Å². The van der Waals surface area contributed by atoms with E-state index in [-0.39, 0.29) is 11.9 Å². The van der Waals surface area contributed by atoms with Crippen LogP contribution in [0.3, 0.4) is 0 Å². The van der Waals surface area contributed by atoms with Crippen LogP contribution in [0.15, 0.2) is 54.6 Å². The van der Waals surface area contributed by atoms with Gasteiger partial charge in [-0.3, -0.25) is 9.59 Å². The quantitative estimate of drug-likeness (QED) is 0.618. The number of carbonyl (C=O) groups is 2. The molecular weight excluding hydrogens is 388 g/mol. The van der Waals surface area contributed by atoms with Crippen molar-refractivity contribution in [2.45, 2.75) is 25.8 Å². The fourth-order valence-electron chi connectivity index (χ4n) is 4.71. The third-order valence-corrected chi connectivity index (χ3v) is 6.73. The lowest BCUT2D eigenvalue weighted by Gasteiger charge is -2.33. The largest absolute Gasteiger partial charge is 0.338 e. The number of para-hydroxylation sites is 1. The lowest BCUT2D eigenvalue weighted by molar-refractivity contribution is -1.01. The van der Waals surface area contributed by atoms with Crippen LogP contribution in [-0.4, -0.2) is 68.6 Å². The molecule has 2 heterocycles. The summed E-state index contributed by atoms with van der Waals surface area (Å²) >= 11 is 0. The molecule has 0 radical (unpaired) electrons. The Labute approximate surface area is 184 Å². The molecule has 2 fully saturated rings. The highest BCUT2D eigenvalue weighted by molar-refractivity contribution is 5.97. The lowest BCUT2D eigenvalue weighted by atomic mass is 10.0. The van der Waals surface area contributed by atoms with E-state index in [1.54, 1.807) is 0 Å². The molecule has 6 heteroatoms. The van der Waals surface area contributed by atoms with Gasteiger partial charge in [-0.25, -0.2) is 0 Å². The van der Waals surface area contributed by atoms with E-state index in [0.29, 0.717) is 12.5 Å². The van der Waals surface area contributed by atoms with Gasteiger partial charge in [0.25, 0.3) is 11.8 Å². The maximum atomic E-state index is 13.0. The second kappa shape index (κ2) is 10.1. The van der Waals surface area contributed by atoms with Crippen molar-refractivity contribution in [3.8, 4) is 11.1 Å². The molecule has 0 saturated carbocycles. The molecule has 4 rings (SSSR count). The summed E-state index contributed by atoms with van der Waals surface area (Å²) in [6.45, 7) is 8.15. The smallest absolute Gasteiger partial charge is 0.282 e. The van der Waals surface area contributed by atoms with Gasteiger partial charge in [0.05, 0.1) is 0 Å². The summed E-state index contributed by atoms with van der Waals surface area (Å²) in [5, 5.41) is 3.16. The van der Waals surface area contributed by atoms with E-state index in [2.05, 4.69) is 17.4 Å². The van der Waals surface area contributed by atoms with Crippen molar-refractivity contribution >= 4 is 17.5 Å². The number of benzene rings is 2. The number of quaternary nitrogens is 2. The predicted molar refractivity (Wildman–Crippen MR) is 122 cm³/mol. The van der Waals surface area contributed by atoms with Gasteiger partial charge >= 0.3 is 0 Å². The number of carbonyl (C=O) groups excluding carboxylic acids is 2. The highest BCUT2D eigenvalue weighted by Gasteiger charge is 2.33. The average molecular weight is 423 g/mol. The zero-order chi connectivity index (χ0) is 21.6. The van der Waals surface area contributed by atoms with Crippen LogP contribution in [0.4, 0.5) is 5.69 Å². The molecule has 2 aromatic carbocycles. The summed E-state index contributed by atoms with van der Waals surface area (Å²) in [6, 6.07) is 18.0. The van der Waals surface area contributed by atoms with Gasteiger partial charge in [0.15, 0.2) is 12.6 Å². The van der Waals surface area contributed by atoms with Crippen LogP contribution in [0.2, 0.25) is 0 Å². The maximum Gasteiger partial charge on any atom is 0.282 e. The van der Waals surface area contributed by atoms with Gasteiger partial charge < -0.3 is 20.0 Å². The molecule has 0 aromatic heterocycles. The standard InChI is InChI=1S/C25H32N4O2/c1-20(28-17-15-27(16-18-28)19-24(30)29-13-7-8-14-29)25(31)26-23-12-6-5-11-22(23)21-9-3-2-4-10-21/h2-6,9-12,20H,7-8,13-19H2,1H3,(H,26,31)/p+2/t20-/m0/s1. The molecule has 0 unspecified atom stereocenters. The van der Waals surface area contributed by atoms with Crippen LogP contribution in [0, 0.1) is 0 Å². The Morgan fingerprint density at radius 2 is 1.58 bits per heavy atom. The third-order valence-electron chi connectivity index (χ3n) is 6.73. The van der Waals surface area contributed by atoms with E-state index in [9.17, 15) is 9.59 Å². The number of nitrogens with one attached hydrogen (secondary N) is 3. The Balaban J connectivity index is 1.31. The van der Waals surface area contributed by atoms with Crippen molar-refractivity contribution < 1.29 is 19.4 Å². The monoisotopic (exact) mass is 422 g/mol. The molecule has 0 spiro atoms. The van der Waals surface area contributed by atoms with Gasteiger partial charge in [-0.1, -0.05) is 48.5 Å². The summed E-state index contributed by atoms with van der Waals surface area (Å²) < 4.78 is 0. The molecule has 2 aliphatic heterocycles. The van der Waals surface area contributed by atoms with Crippen LogP contribution < -0.4 is 15.1 Å². The highest BCUT2D eigenvalue weighted by Crippen LogP contribution is 2.27. The number of piperazine rings is 1. The molecule has 2 aromatic rings. The Kier molecular flexibility index (Phi) is 6.99. The first kappa shape index (κ1) is 21.5. The van der Waals surface area contributed by atoms with E-state index in [1.165, 1.54) is 9.80 Å². The molecule has 31 heavy (non-hydrogen) atoms. The summed E-state index contributed by atoms with van der Waals surface area (Å²) in [7, 11) is 0. The van der Waals surface area contributed by atoms with E-state index >= 15 is 0 Å². The van der Waals surface area contributed by atoms with Crippen LogP contribution in [0.1, 0.15) is 19.8 Å². The summed E-state index contributed by atoms with van der Waals surface area (Å²) in [6.07, 6.45) is 2.28. The normalized spacial score (nSPS) is 22.2. The minimum Gasteiger partial charge on any atom is -0.338 e. The van der Waals surface area contributed by atoms with Crippen LogP contribution in [0.25, 0.3) is 11.1 Å². The van der Waals surface area contributed by atoms with E-state index in [1.807, 2.05) is 54.3 Å². The Bertz CT molecular complexity index is 887. The summed E-state index contributed by atoms with van der Waals surface area (Å²) in [5.74, 6) is 0.342. The fourth-order valence-corrected chi connectivity index (χ4v) is 4.71. The number of likely N-dealkylation sites (tertiary alicyclic amines) is 1. The van der Waals surface area contributed by atoms with Crippen molar-refractivity contribution in [1.29, 1.82) is 0 Å². The molecule has 2 aliphatic rings. The fraction of sp³-hybridized carbons (Fsp3) is 0.440. The highest BCUT2D eigenvalue weighted by atomic mass is 16.2. The minimum absolute atomic E-state index is 0.0509. The van der Waals surface area contributed by atoms with Crippen molar-refractivity contribution in [3.63, 3.8) is 0 Å². The SMILES string of the molecule is C[C@@H](C(=O)Nc1ccccc1-c1ccccc1)[NH+]1CC[NH+](CC(=O)N2CCCC2)CC1. The van der Waals surface area contributed by atoms with Crippen LogP contribution in [-0.2, 0) is 9.59 Å². The van der Waals surface area contributed by atoms with Gasteiger partial charge in [-0.15, -0.1) is 0 Å². The molecular formula is C25H34N4O2+2. The number of hydrogen-bond donors (Lipinski definition) is 3. The van der Waals surface area contributed by atoms with Gasteiger partial charge in [0.1, 0.15) is 26.2 Å². The van der Waals surface area contributed by atoms with E-state index < -0.39 is 0 Å². The molecule has 2 amide bonds. The maximum absolute atomic E-state index is 13.0. The van der Waals surface area contributed by atoms with Gasteiger partial charge in [0, 0.05) is 24.3 Å². The predicted octanol–water partition coefficient (Wildman–Crippen LogP) is 0.0864. The summed E-state index contributed by atoms with van der Waals surface area (Å²) in [5.41, 5.74) is 2.98. The van der Waals surface area contributed by atoms with Crippen LogP contribution in [0.5, 0.6) is 0 Å². The van der Waals surface area contributed by atoms with E-state index in [0.717, 1.165) is 68.9 Å². The van der Waals surface area contributed by atoms with Crippen LogP contribution >= 0.6 is 0 Å². The number of nitrogens with zero attached hydrogens (tertiary/aromatic N) is 1. The lowest BCUT2D eigenvalue weighted by Crippen LogP contribution is -3.30. The second-order valence-electron chi connectivity index (χ2n) is 8.80. The molecule has 3 N–H and O–H groups in total. The zero-order valence-corrected chi connectivity index (χ0v) is 18.4. The Morgan fingerprint density at radius 1 is 0.935 bits per heavy atom. The molecule has 164 valence electrons. The van der Waals surface area contributed by atoms with E-state index in [4.69, 9.17) is 0 Å².